The Bertz CT molecular complexity index is 1920. The number of benzene rings is 2. The number of methoxy groups -OCH3 is 2. The molecular formula is C53H86N8O8. The fourth-order valence-electron chi connectivity index (χ4n) is 9.63. The molecule has 16 nitrogen and oxygen atoms in total. The topological polar surface area (TPSA) is 205 Å². The number of likely N-dealkylation sites (N-methyl/N-ethyl adjacent to an activating group) is 2. The summed E-state index contributed by atoms with van der Waals surface area (Å²) >= 11 is 0. The number of unbranched alkanes of at least 4 members (excludes halogenated alkanes) is 1. The van der Waals surface area contributed by atoms with E-state index >= 15 is 0 Å². The molecule has 1 heterocycles. The molecule has 386 valence electrons. The Morgan fingerprint density at radius 3 is 1.90 bits per heavy atom. The van der Waals surface area contributed by atoms with E-state index in [1.807, 2.05) is 97.8 Å². The van der Waals surface area contributed by atoms with Gasteiger partial charge in [-0.15, -0.1) is 0 Å². The van der Waals surface area contributed by atoms with Gasteiger partial charge >= 0.3 is 0 Å². The van der Waals surface area contributed by atoms with E-state index in [2.05, 4.69) is 21.3 Å². The lowest BCUT2D eigenvalue weighted by atomic mass is 9.89. The SMILES string of the molecule is CC[C@H](C)[C@@H]([C@@H](CC(=O)N1CCC[C@H]1[C@H](OC)[C@@H](C)C(=O)N[C@@H](Cc1ccccc1)C(=O)Nc1ccc(NC(=O)[C@@H](C)CCCCN)cc1)OC)N(C)C(=O)[C@@H](NC(=O)C(C(C)C)N(C)C)C(C)C. The second kappa shape index (κ2) is 28.7. The monoisotopic (exact) mass is 963 g/mol. The summed E-state index contributed by atoms with van der Waals surface area (Å²) in [5, 5.41) is 11.9. The summed E-state index contributed by atoms with van der Waals surface area (Å²) in [6.45, 7) is 16.5. The fourth-order valence-corrected chi connectivity index (χ4v) is 9.63. The van der Waals surface area contributed by atoms with E-state index in [9.17, 15) is 28.8 Å². The number of nitrogens with one attached hydrogen (secondary N) is 4. The number of carbonyl (C=O) groups is 6. The third kappa shape index (κ3) is 16.9. The van der Waals surface area contributed by atoms with E-state index < -0.39 is 60.1 Å². The summed E-state index contributed by atoms with van der Waals surface area (Å²) in [7, 11) is 8.50. The highest BCUT2D eigenvalue weighted by Gasteiger charge is 2.43. The van der Waals surface area contributed by atoms with Crippen molar-refractivity contribution in [1.82, 2.24) is 25.3 Å². The van der Waals surface area contributed by atoms with E-state index in [0.717, 1.165) is 24.8 Å². The van der Waals surface area contributed by atoms with Crippen LogP contribution in [0.4, 0.5) is 11.4 Å². The number of rotatable bonds is 28. The van der Waals surface area contributed by atoms with Crippen LogP contribution in [-0.4, -0.2) is 141 Å². The van der Waals surface area contributed by atoms with Gasteiger partial charge in [0.1, 0.15) is 12.1 Å². The van der Waals surface area contributed by atoms with Crippen molar-refractivity contribution in [1.29, 1.82) is 0 Å². The molecule has 1 aliphatic rings. The molecule has 3 rings (SSSR count). The highest BCUT2D eigenvalue weighted by Crippen LogP contribution is 2.30. The number of nitrogens with two attached hydrogens (primary N) is 1. The molecule has 0 saturated carbocycles. The maximum Gasteiger partial charge on any atom is 0.247 e. The molecule has 69 heavy (non-hydrogen) atoms. The average Bonchev–Trinajstić information content (AvgIpc) is 3.80. The summed E-state index contributed by atoms with van der Waals surface area (Å²) in [6, 6.07) is 13.2. The molecule has 0 radical (unpaired) electrons. The molecule has 2 aromatic carbocycles. The minimum atomic E-state index is -0.956. The molecule has 1 saturated heterocycles. The van der Waals surface area contributed by atoms with Crippen LogP contribution in [0.2, 0.25) is 0 Å². The van der Waals surface area contributed by atoms with Crippen LogP contribution >= 0.6 is 0 Å². The molecule has 6 amide bonds. The van der Waals surface area contributed by atoms with Crippen molar-refractivity contribution in [2.45, 2.75) is 149 Å². The van der Waals surface area contributed by atoms with Gasteiger partial charge in [-0.05, 0) is 93.9 Å². The van der Waals surface area contributed by atoms with Gasteiger partial charge in [0, 0.05) is 51.5 Å². The van der Waals surface area contributed by atoms with Crippen molar-refractivity contribution in [3.8, 4) is 0 Å². The third-order valence-corrected chi connectivity index (χ3v) is 13.8. The average molecular weight is 963 g/mol. The van der Waals surface area contributed by atoms with E-state index in [4.69, 9.17) is 15.2 Å². The van der Waals surface area contributed by atoms with Gasteiger partial charge in [-0.2, -0.15) is 0 Å². The quantitative estimate of drug-likeness (QED) is 0.0658. The molecule has 2 aromatic rings. The molecule has 10 atom stereocenters. The molecule has 16 heteroatoms. The number of amides is 6. The van der Waals surface area contributed by atoms with Gasteiger partial charge in [0.05, 0.1) is 42.7 Å². The molecule has 0 bridgehead atoms. The Morgan fingerprint density at radius 1 is 0.768 bits per heavy atom. The van der Waals surface area contributed by atoms with Crippen LogP contribution in [0.3, 0.4) is 0 Å². The first-order valence-electron chi connectivity index (χ1n) is 25.1. The summed E-state index contributed by atoms with van der Waals surface area (Å²) < 4.78 is 12.1. The normalized spacial score (nSPS) is 17.8. The van der Waals surface area contributed by atoms with Crippen molar-refractivity contribution in [3.05, 3.63) is 60.2 Å². The highest BCUT2D eigenvalue weighted by atomic mass is 16.5. The van der Waals surface area contributed by atoms with Gasteiger partial charge < -0.3 is 46.3 Å². The van der Waals surface area contributed by atoms with Crippen molar-refractivity contribution < 1.29 is 38.2 Å². The lowest BCUT2D eigenvalue weighted by molar-refractivity contribution is -0.148. The van der Waals surface area contributed by atoms with Crippen molar-refractivity contribution >= 4 is 46.8 Å². The van der Waals surface area contributed by atoms with Gasteiger partial charge in [-0.1, -0.05) is 98.6 Å². The van der Waals surface area contributed by atoms with E-state index in [0.29, 0.717) is 43.7 Å². The van der Waals surface area contributed by atoms with Crippen LogP contribution in [0.15, 0.2) is 54.6 Å². The second-order valence-electron chi connectivity index (χ2n) is 20.0. The van der Waals surface area contributed by atoms with Crippen LogP contribution in [-0.2, 0) is 44.7 Å². The summed E-state index contributed by atoms with van der Waals surface area (Å²) in [5.41, 5.74) is 7.55. The van der Waals surface area contributed by atoms with Crippen LogP contribution in [0.1, 0.15) is 106 Å². The molecular weight excluding hydrogens is 877 g/mol. The predicted octanol–water partition coefficient (Wildman–Crippen LogP) is 5.70. The predicted molar refractivity (Wildman–Crippen MR) is 273 cm³/mol. The van der Waals surface area contributed by atoms with Crippen molar-refractivity contribution in [2.75, 3.05) is 59.1 Å². The number of hydrogen-bond donors (Lipinski definition) is 5. The number of nitrogens with zero attached hydrogens (tertiary/aromatic N) is 3. The number of carbonyl (C=O) groups excluding carboxylic acids is 6. The first kappa shape index (κ1) is 58.4. The van der Waals surface area contributed by atoms with Crippen molar-refractivity contribution in [2.24, 2.45) is 35.3 Å². The Kier molecular flexibility index (Phi) is 24.3. The third-order valence-electron chi connectivity index (χ3n) is 13.8. The van der Waals surface area contributed by atoms with Gasteiger partial charge in [0.15, 0.2) is 0 Å². The Labute approximate surface area is 412 Å². The van der Waals surface area contributed by atoms with Crippen LogP contribution in [0.5, 0.6) is 0 Å². The minimum absolute atomic E-state index is 0.0214. The van der Waals surface area contributed by atoms with Crippen molar-refractivity contribution in [3.63, 3.8) is 0 Å². The molecule has 0 spiro atoms. The van der Waals surface area contributed by atoms with E-state index in [1.54, 1.807) is 55.1 Å². The molecule has 1 unspecified atom stereocenters. The Balaban J connectivity index is 1.79. The van der Waals surface area contributed by atoms with E-state index in [-0.39, 0.29) is 60.1 Å². The lowest BCUT2D eigenvalue weighted by Gasteiger charge is -2.41. The van der Waals surface area contributed by atoms with Crippen LogP contribution in [0.25, 0.3) is 0 Å². The number of hydrogen-bond acceptors (Lipinski definition) is 10. The van der Waals surface area contributed by atoms with Crippen LogP contribution in [0, 0.1) is 29.6 Å². The summed E-state index contributed by atoms with van der Waals surface area (Å²) in [4.78, 5) is 88.7. The Morgan fingerprint density at radius 2 is 1.38 bits per heavy atom. The molecule has 1 fully saturated rings. The maximum absolute atomic E-state index is 14.5. The summed E-state index contributed by atoms with van der Waals surface area (Å²) in [6.07, 6.45) is 3.31. The zero-order valence-electron chi connectivity index (χ0n) is 43.9. The van der Waals surface area contributed by atoms with Gasteiger partial charge in [0.25, 0.3) is 0 Å². The first-order chi connectivity index (χ1) is 32.7. The van der Waals surface area contributed by atoms with Crippen LogP contribution < -0.4 is 27.0 Å². The molecule has 1 aliphatic heterocycles. The molecule has 0 aromatic heterocycles. The molecule has 6 N–H and O–H groups in total. The number of likely N-dealkylation sites (tertiary alicyclic amines) is 1. The standard InChI is InChI=1S/C53H86N8O8/c1-14-35(6)47(60(11)53(67)45(33(2)3)58-52(66)46(34(4)5)59(9)10)43(68-12)32-44(62)61-30-20-24-42(61)48(69-13)37(8)50(64)57-41(31-38-22-16-15-17-23-38)51(65)56-40-27-25-39(26-28-40)55-49(63)36(7)21-18-19-29-54/h15-17,22-23,25-28,33-37,41-43,45-48H,14,18-21,24,29-32,54H2,1-13H3,(H,55,63)(H,56,65)(H,57,64)(H,58,66)/t35-,36-,37+,41-,42-,43+,45-,46?,47-,48+/m0/s1. The van der Waals surface area contributed by atoms with E-state index in [1.165, 1.54) is 7.11 Å². The zero-order chi connectivity index (χ0) is 51.5. The minimum Gasteiger partial charge on any atom is -0.379 e. The smallest absolute Gasteiger partial charge is 0.247 e. The Hall–Kier alpha value is -4.90. The van der Waals surface area contributed by atoms with Gasteiger partial charge in [0.2, 0.25) is 35.4 Å². The zero-order valence-corrected chi connectivity index (χ0v) is 43.9. The van der Waals surface area contributed by atoms with Gasteiger partial charge in [-0.3, -0.25) is 33.7 Å². The number of ether oxygens (including phenoxy) is 2. The fraction of sp³-hybridized carbons (Fsp3) is 0.660. The lowest BCUT2D eigenvalue weighted by Crippen LogP contribution is -2.59. The molecule has 0 aliphatic carbocycles. The first-order valence-corrected chi connectivity index (χ1v) is 25.1. The number of anilines is 2. The second-order valence-corrected chi connectivity index (χ2v) is 20.0. The largest absolute Gasteiger partial charge is 0.379 e. The maximum atomic E-state index is 14.5. The summed E-state index contributed by atoms with van der Waals surface area (Å²) in [5.74, 6) is -2.75. The van der Waals surface area contributed by atoms with Gasteiger partial charge in [-0.25, -0.2) is 0 Å². The highest BCUT2D eigenvalue weighted by molar-refractivity contribution is 5.98.